The van der Waals surface area contributed by atoms with E-state index in [2.05, 4.69) is 4.57 Å². The van der Waals surface area contributed by atoms with Gasteiger partial charge in [-0.2, -0.15) is 0 Å². The Kier molecular flexibility index (Phi) is 4.48. The van der Waals surface area contributed by atoms with Crippen molar-refractivity contribution in [2.45, 2.75) is 44.6 Å². The van der Waals surface area contributed by atoms with Crippen molar-refractivity contribution in [3.8, 4) is 5.75 Å². The number of benzene rings is 1. The molecule has 1 aromatic heterocycles. The van der Waals surface area contributed by atoms with Gasteiger partial charge in [0.25, 0.3) is 0 Å². The molecule has 1 aliphatic carbocycles. The molecule has 1 aliphatic rings. The highest BCUT2D eigenvalue weighted by molar-refractivity contribution is 6.00. The summed E-state index contributed by atoms with van der Waals surface area (Å²) in [6.07, 6.45) is 6.93. The van der Waals surface area contributed by atoms with Crippen LogP contribution in [0, 0.1) is 0 Å². The largest absolute Gasteiger partial charge is 0.497 e. The van der Waals surface area contributed by atoms with Gasteiger partial charge in [-0.15, -0.1) is 0 Å². The van der Waals surface area contributed by atoms with Crippen LogP contribution in [0.2, 0.25) is 0 Å². The molecule has 1 fully saturated rings. The zero-order chi connectivity index (χ0) is 15.5. The Morgan fingerprint density at radius 1 is 1.32 bits per heavy atom. The van der Waals surface area contributed by atoms with Gasteiger partial charge < -0.3 is 14.4 Å². The van der Waals surface area contributed by atoms with Crippen LogP contribution in [0.1, 0.15) is 54.1 Å². The molecule has 2 aromatic rings. The average molecular weight is 301 g/mol. The number of ether oxygens (including phenoxy) is 1. The predicted octanol–water partition coefficient (Wildman–Crippen LogP) is 3.50. The van der Waals surface area contributed by atoms with Gasteiger partial charge in [-0.1, -0.05) is 19.3 Å². The topological polar surface area (TPSA) is 51.5 Å². The number of carbonyl (C=O) groups is 1. The Balaban J connectivity index is 2.22. The van der Waals surface area contributed by atoms with Crippen LogP contribution in [0.4, 0.5) is 0 Å². The second kappa shape index (κ2) is 6.53. The van der Waals surface area contributed by atoms with Crippen molar-refractivity contribution in [3.63, 3.8) is 0 Å². The van der Waals surface area contributed by atoms with E-state index in [-0.39, 0.29) is 6.61 Å². The zero-order valence-corrected chi connectivity index (χ0v) is 13.0. The van der Waals surface area contributed by atoms with Crippen molar-refractivity contribution in [3.05, 3.63) is 29.5 Å². The molecule has 0 spiro atoms. The fraction of sp³-hybridized carbons (Fsp3) is 0.500. The number of aromatic nitrogens is 1. The molecular formula is C18H23NO3. The summed E-state index contributed by atoms with van der Waals surface area (Å²) in [5.74, 6) is 1.17. The number of carbonyl (C=O) groups excluding carboxylic acids is 1. The summed E-state index contributed by atoms with van der Waals surface area (Å²) in [7, 11) is 1.63. The molecule has 1 saturated carbocycles. The van der Waals surface area contributed by atoms with E-state index >= 15 is 0 Å². The maximum atomic E-state index is 11.8. The third-order valence-corrected chi connectivity index (χ3v) is 4.78. The number of aliphatic hydroxyl groups is 1. The lowest BCUT2D eigenvalue weighted by atomic mass is 9.85. The second-order valence-corrected chi connectivity index (χ2v) is 6.01. The predicted molar refractivity (Wildman–Crippen MR) is 86.8 cm³/mol. The van der Waals surface area contributed by atoms with E-state index < -0.39 is 0 Å². The molecule has 0 radical (unpaired) electrons. The average Bonchev–Trinajstić information content (AvgIpc) is 2.88. The van der Waals surface area contributed by atoms with Crippen LogP contribution >= 0.6 is 0 Å². The normalized spacial score (nSPS) is 16.1. The standard InChI is InChI=1S/C18H23NO3/c1-22-14-7-8-17-15(11-14)16(12-21)18(19(17)9-10-20)13-5-3-2-4-6-13/h7-8,11-13,20H,2-6,9-10H2,1H3. The Bertz CT molecular complexity index is 669. The van der Waals surface area contributed by atoms with Gasteiger partial charge in [-0.05, 0) is 37.0 Å². The quantitative estimate of drug-likeness (QED) is 0.860. The Morgan fingerprint density at radius 3 is 2.73 bits per heavy atom. The van der Waals surface area contributed by atoms with E-state index in [1.807, 2.05) is 18.2 Å². The van der Waals surface area contributed by atoms with Crippen molar-refractivity contribution in [1.29, 1.82) is 0 Å². The Hall–Kier alpha value is -1.81. The molecule has 1 aromatic carbocycles. The molecule has 0 aliphatic heterocycles. The summed E-state index contributed by atoms with van der Waals surface area (Å²) in [4.78, 5) is 11.8. The van der Waals surface area contributed by atoms with Crippen molar-refractivity contribution in [2.24, 2.45) is 0 Å². The molecule has 0 bridgehead atoms. The van der Waals surface area contributed by atoms with Crippen LogP contribution in [0.25, 0.3) is 10.9 Å². The van der Waals surface area contributed by atoms with Crippen molar-refractivity contribution >= 4 is 17.2 Å². The first kappa shape index (κ1) is 15.1. The van der Waals surface area contributed by atoms with Crippen molar-refractivity contribution in [1.82, 2.24) is 4.57 Å². The van der Waals surface area contributed by atoms with Crippen LogP contribution in [-0.4, -0.2) is 29.7 Å². The first-order valence-corrected chi connectivity index (χ1v) is 8.06. The van der Waals surface area contributed by atoms with Gasteiger partial charge in [-0.3, -0.25) is 4.79 Å². The van der Waals surface area contributed by atoms with Gasteiger partial charge in [0.1, 0.15) is 5.75 Å². The lowest BCUT2D eigenvalue weighted by Crippen LogP contribution is -2.14. The number of nitrogens with zero attached hydrogens (tertiary/aromatic N) is 1. The number of aldehydes is 1. The van der Waals surface area contributed by atoms with Crippen LogP contribution in [-0.2, 0) is 6.54 Å². The maximum Gasteiger partial charge on any atom is 0.152 e. The third kappa shape index (κ3) is 2.52. The third-order valence-electron chi connectivity index (χ3n) is 4.78. The number of fused-ring (bicyclic) bond motifs is 1. The first-order valence-electron chi connectivity index (χ1n) is 8.06. The molecular weight excluding hydrogens is 278 g/mol. The van der Waals surface area contributed by atoms with E-state index in [4.69, 9.17) is 4.74 Å². The fourth-order valence-corrected chi connectivity index (χ4v) is 3.79. The molecule has 4 heteroatoms. The number of hydrogen-bond acceptors (Lipinski definition) is 3. The molecule has 1 heterocycles. The molecule has 22 heavy (non-hydrogen) atoms. The van der Waals surface area contributed by atoms with Gasteiger partial charge in [0.15, 0.2) is 6.29 Å². The molecule has 3 rings (SSSR count). The second-order valence-electron chi connectivity index (χ2n) is 6.01. The highest BCUT2D eigenvalue weighted by Gasteiger charge is 2.25. The molecule has 1 N–H and O–H groups in total. The summed E-state index contributed by atoms with van der Waals surface area (Å²) in [5.41, 5.74) is 2.89. The minimum atomic E-state index is 0.0772. The summed E-state index contributed by atoms with van der Waals surface area (Å²) < 4.78 is 7.44. The van der Waals surface area contributed by atoms with E-state index in [9.17, 15) is 9.90 Å². The summed E-state index contributed by atoms with van der Waals surface area (Å²) in [6.45, 7) is 0.607. The number of hydrogen-bond donors (Lipinski definition) is 1. The number of aliphatic hydroxyl groups excluding tert-OH is 1. The molecule has 118 valence electrons. The van der Waals surface area contributed by atoms with Gasteiger partial charge >= 0.3 is 0 Å². The highest BCUT2D eigenvalue weighted by Crippen LogP contribution is 2.39. The molecule has 0 saturated heterocycles. The van der Waals surface area contributed by atoms with Crippen LogP contribution in [0.15, 0.2) is 18.2 Å². The van der Waals surface area contributed by atoms with Crippen molar-refractivity contribution < 1.29 is 14.6 Å². The van der Waals surface area contributed by atoms with Crippen molar-refractivity contribution in [2.75, 3.05) is 13.7 Å². The smallest absolute Gasteiger partial charge is 0.152 e. The fourth-order valence-electron chi connectivity index (χ4n) is 3.79. The Morgan fingerprint density at radius 2 is 2.09 bits per heavy atom. The van der Waals surface area contributed by atoms with Gasteiger partial charge in [-0.25, -0.2) is 0 Å². The summed E-state index contributed by atoms with van der Waals surface area (Å²) in [5, 5.41) is 10.4. The Labute approximate surface area is 130 Å². The van der Waals surface area contributed by atoms with Crippen LogP contribution in [0.3, 0.4) is 0 Å². The lowest BCUT2D eigenvalue weighted by molar-refractivity contribution is 0.112. The SMILES string of the molecule is COc1ccc2c(c1)c(C=O)c(C1CCCCC1)n2CCO. The van der Waals surface area contributed by atoms with Gasteiger partial charge in [0.05, 0.1) is 13.7 Å². The molecule has 0 atom stereocenters. The first-order chi connectivity index (χ1) is 10.8. The van der Waals surface area contributed by atoms with Gasteiger partial charge in [0, 0.05) is 28.7 Å². The maximum absolute atomic E-state index is 11.8. The minimum absolute atomic E-state index is 0.0772. The number of rotatable bonds is 5. The van der Waals surface area contributed by atoms with E-state index in [1.54, 1.807) is 7.11 Å². The van der Waals surface area contributed by atoms with E-state index in [0.717, 1.165) is 47.0 Å². The highest BCUT2D eigenvalue weighted by atomic mass is 16.5. The molecule has 4 nitrogen and oxygen atoms in total. The number of methoxy groups -OCH3 is 1. The summed E-state index contributed by atoms with van der Waals surface area (Å²) in [6, 6.07) is 5.83. The van der Waals surface area contributed by atoms with Gasteiger partial charge in [0.2, 0.25) is 0 Å². The van der Waals surface area contributed by atoms with E-state index in [0.29, 0.717) is 12.5 Å². The lowest BCUT2D eigenvalue weighted by Gasteiger charge is -2.24. The van der Waals surface area contributed by atoms with Crippen LogP contribution in [0.5, 0.6) is 5.75 Å². The summed E-state index contributed by atoms with van der Waals surface area (Å²) >= 11 is 0. The minimum Gasteiger partial charge on any atom is -0.497 e. The monoisotopic (exact) mass is 301 g/mol. The molecule has 0 unspecified atom stereocenters. The van der Waals surface area contributed by atoms with Crippen LogP contribution < -0.4 is 4.74 Å². The molecule has 0 amide bonds. The zero-order valence-electron chi connectivity index (χ0n) is 13.0. The van der Waals surface area contributed by atoms with E-state index in [1.165, 1.54) is 19.3 Å².